The molecule has 11 nitrogen and oxygen atoms in total. The summed E-state index contributed by atoms with van der Waals surface area (Å²) < 4.78 is 37.1. The highest BCUT2D eigenvalue weighted by molar-refractivity contribution is 7.89. The van der Waals surface area contributed by atoms with Crippen LogP contribution >= 0.6 is 0 Å². The monoisotopic (exact) mass is 463 g/mol. The molecule has 1 saturated heterocycles. The maximum Gasteiger partial charge on any atom is 0.338 e. The molecule has 1 aliphatic heterocycles. The lowest BCUT2D eigenvalue weighted by molar-refractivity contribution is -0.383. The number of nitrogens with one attached hydrogen (secondary N) is 1. The van der Waals surface area contributed by atoms with Gasteiger partial charge in [0, 0.05) is 19.2 Å². The molecule has 0 radical (unpaired) electrons. The van der Waals surface area contributed by atoms with E-state index in [1.807, 2.05) is 0 Å². The van der Waals surface area contributed by atoms with Gasteiger partial charge in [0.2, 0.25) is 10.0 Å². The zero-order valence-corrected chi connectivity index (χ0v) is 18.0. The molecule has 0 aromatic heterocycles. The molecule has 2 aromatic carbocycles. The van der Waals surface area contributed by atoms with Crippen LogP contribution in [0.2, 0.25) is 0 Å². The fraction of sp³-hybridized carbons (Fsp3) is 0.300. The Hall–Kier alpha value is -3.35. The number of nitrogens with zero attached hydrogens (tertiary/aromatic N) is 2. The van der Waals surface area contributed by atoms with Crippen LogP contribution in [-0.4, -0.2) is 62.4 Å². The number of nitro benzene ring substituents is 1. The minimum absolute atomic E-state index is 0.00201. The van der Waals surface area contributed by atoms with Crippen LogP contribution in [0.4, 0.5) is 11.4 Å². The van der Waals surface area contributed by atoms with Crippen molar-refractivity contribution in [1.29, 1.82) is 0 Å². The van der Waals surface area contributed by atoms with Crippen LogP contribution < -0.4 is 5.32 Å². The largest absolute Gasteiger partial charge is 0.452 e. The molecular weight excluding hydrogens is 442 g/mol. The van der Waals surface area contributed by atoms with Gasteiger partial charge in [0.05, 0.1) is 28.6 Å². The van der Waals surface area contributed by atoms with Crippen molar-refractivity contribution < 1.29 is 32.4 Å². The van der Waals surface area contributed by atoms with Gasteiger partial charge in [-0.2, -0.15) is 4.31 Å². The Morgan fingerprint density at radius 1 is 1.19 bits per heavy atom. The standard InChI is InChI=1S/C20H21N3O8S/c1-14-6-7-15(32(28,29)22-8-10-30-11-9-22)12-16(14)20(25)31-13-19(24)21-17-4-2-3-5-18(17)23(26)27/h2-7,12H,8-11,13H2,1H3,(H,21,24). The number of sulfonamides is 1. The number of hydrogen-bond donors (Lipinski definition) is 1. The van der Waals surface area contributed by atoms with Crippen molar-refractivity contribution in [3.63, 3.8) is 0 Å². The van der Waals surface area contributed by atoms with Crippen LogP contribution in [0.5, 0.6) is 0 Å². The summed E-state index contributed by atoms with van der Waals surface area (Å²) in [6, 6.07) is 9.64. The molecule has 1 heterocycles. The van der Waals surface area contributed by atoms with Gasteiger partial charge in [-0.25, -0.2) is 13.2 Å². The van der Waals surface area contributed by atoms with Crippen molar-refractivity contribution in [1.82, 2.24) is 4.31 Å². The fourth-order valence-corrected chi connectivity index (χ4v) is 4.49. The van der Waals surface area contributed by atoms with E-state index in [0.717, 1.165) is 0 Å². The second-order valence-corrected chi connectivity index (χ2v) is 8.83. The summed E-state index contributed by atoms with van der Waals surface area (Å²) in [5.41, 5.74) is 0.130. The van der Waals surface area contributed by atoms with Crippen molar-refractivity contribution in [3.05, 3.63) is 63.7 Å². The van der Waals surface area contributed by atoms with E-state index in [9.17, 15) is 28.1 Å². The molecule has 0 saturated carbocycles. The van der Waals surface area contributed by atoms with E-state index in [1.165, 1.54) is 46.8 Å². The Bertz CT molecular complexity index is 1140. The maximum absolute atomic E-state index is 12.8. The molecule has 12 heteroatoms. The van der Waals surface area contributed by atoms with Gasteiger partial charge in [-0.1, -0.05) is 18.2 Å². The van der Waals surface area contributed by atoms with E-state index >= 15 is 0 Å². The number of rotatable bonds is 7. The number of esters is 1. The number of carbonyl (C=O) groups is 2. The van der Waals surface area contributed by atoms with Gasteiger partial charge < -0.3 is 14.8 Å². The van der Waals surface area contributed by atoms with Gasteiger partial charge in [0.25, 0.3) is 11.6 Å². The normalized spacial score (nSPS) is 14.5. The van der Waals surface area contributed by atoms with Crippen LogP contribution in [0, 0.1) is 17.0 Å². The molecule has 1 fully saturated rings. The van der Waals surface area contributed by atoms with Crippen LogP contribution in [0.25, 0.3) is 0 Å². The summed E-state index contributed by atoms with van der Waals surface area (Å²) in [4.78, 5) is 34.9. The average Bonchev–Trinajstić information content (AvgIpc) is 2.78. The summed E-state index contributed by atoms with van der Waals surface area (Å²) in [6.07, 6.45) is 0. The van der Waals surface area contributed by atoms with Gasteiger partial charge in [0.15, 0.2) is 6.61 Å². The van der Waals surface area contributed by atoms with Gasteiger partial charge in [-0.3, -0.25) is 14.9 Å². The van der Waals surface area contributed by atoms with Crippen molar-refractivity contribution >= 4 is 33.3 Å². The minimum Gasteiger partial charge on any atom is -0.452 e. The third-order valence-corrected chi connectivity index (χ3v) is 6.64. The van der Waals surface area contributed by atoms with E-state index in [0.29, 0.717) is 5.56 Å². The number of aryl methyl sites for hydroxylation is 1. The van der Waals surface area contributed by atoms with E-state index in [2.05, 4.69) is 5.32 Å². The quantitative estimate of drug-likeness (QED) is 0.371. The Kier molecular flexibility index (Phi) is 7.18. The number of carbonyl (C=O) groups excluding carboxylic acids is 2. The summed E-state index contributed by atoms with van der Waals surface area (Å²) >= 11 is 0. The van der Waals surface area contributed by atoms with Crippen molar-refractivity contribution in [3.8, 4) is 0 Å². The molecule has 170 valence electrons. The SMILES string of the molecule is Cc1ccc(S(=O)(=O)N2CCOCC2)cc1C(=O)OCC(=O)Nc1ccccc1[N+](=O)[O-]. The fourth-order valence-electron chi connectivity index (χ4n) is 3.05. The first-order chi connectivity index (χ1) is 15.2. The number of hydrogen-bond acceptors (Lipinski definition) is 8. The third kappa shape index (κ3) is 5.28. The molecule has 2 aromatic rings. The molecule has 0 unspecified atom stereocenters. The summed E-state index contributed by atoms with van der Waals surface area (Å²) in [7, 11) is -3.82. The predicted molar refractivity (Wildman–Crippen MR) is 113 cm³/mol. The molecule has 1 amide bonds. The number of morpholine rings is 1. The molecule has 0 aliphatic carbocycles. The molecule has 0 bridgehead atoms. The van der Waals surface area contributed by atoms with Crippen LogP contribution in [0.3, 0.4) is 0 Å². The zero-order valence-electron chi connectivity index (χ0n) is 17.1. The van der Waals surface area contributed by atoms with Crippen molar-refractivity contribution in [2.24, 2.45) is 0 Å². The van der Waals surface area contributed by atoms with Gasteiger partial charge in [-0.05, 0) is 30.7 Å². The van der Waals surface area contributed by atoms with Gasteiger partial charge >= 0.3 is 5.97 Å². The molecule has 1 aliphatic rings. The van der Waals surface area contributed by atoms with Crippen LogP contribution in [0.1, 0.15) is 15.9 Å². The van der Waals surface area contributed by atoms with E-state index in [-0.39, 0.29) is 48.1 Å². The Morgan fingerprint density at radius 3 is 2.56 bits per heavy atom. The van der Waals surface area contributed by atoms with E-state index in [4.69, 9.17) is 9.47 Å². The molecular formula is C20H21N3O8S. The number of ether oxygens (including phenoxy) is 2. The highest BCUT2D eigenvalue weighted by Crippen LogP contribution is 2.23. The van der Waals surface area contributed by atoms with Crippen molar-refractivity contribution in [2.75, 3.05) is 38.2 Å². The molecule has 3 rings (SSSR count). The molecule has 0 atom stereocenters. The number of benzene rings is 2. The number of anilines is 1. The lowest BCUT2D eigenvalue weighted by Gasteiger charge is -2.26. The highest BCUT2D eigenvalue weighted by Gasteiger charge is 2.27. The number of amides is 1. The van der Waals surface area contributed by atoms with Crippen LogP contribution in [-0.2, 0) is 24.3 Å². The summed E-state index contributed by atoms with van der Waals surface area (Å²) in [6.45, 7) is 1.90. The van der Waals surface area contributed by atoms with Crippen molar-refractivity contribution in [2.45, 2.75) is 11.8 Å². The van der Waals surface area contributed by atoms with Gasteiger partial charge in [0.1, 0.15) is 5.69 Å². The lowest BCUT2D eigenvalue weighted by atomic mass is 10.1. The first-order valence-electron chi connectivity index (χ1n) is 9.59. The van der Waals surface area contributed by atoms with E-state index in [1.54, 1.807) is 6.92 Å². The molecule has 1 N–H and O–H groups in total. The topological polar surface area (TPSA) is 145 Å². The van der Waals surface area contributed by atoms with E-state index < -0.39 is 33.4 Å². The summed E-state index contributed by atoms with van der Waals surface area (Å²) in [5.74, 6) is -1.67. The third-order valence-electron chi connectivity index (χ3n) is 4.75. The minimum atomic E-state index is -3.82. The Labute approximate surface area is 184 Å². The first-order valence-corrected chi connectivity index (χ1v) is 11.0. The average molecular weight is 463 g/mol. The molecule has 0 spiro atoms. The predicted octanol–water partition coefficient (Wildman–Crippen LogP) is 1.72. The Morgan fingerprint density at radius 2 is 1.88 bits per heavy atom. The maximum atomic E-state index is 12.8. The second-order valence-electron chi connectivity index (χ2n) is 6.89. The summed E-state index contributed by atoms with van der Waals surface area (Å²) in [5, 5.41) is 13.3. The lowest BCUT2D eigenvalue weighted by Crippen LogP contribution is -2.40. The second kappa shape index (κ2) is 9.85. The molecule has 32 heavy (non-hydrogen) atoms. The van der Waals surface area contributed by atoms with Crippen LogP contribution in [0.15, 0.2) is 47.4 Å². The number of para-hydroxylation sites is 2. The zero-order chi connectivity index (χ0) is 23.3. The highest BCUT2D eigenvalue weighted by atomic mass is 32.2. The first kappa shape index (κ1) is 23.3. The van der Waals surface area contributed by atoms with Gasteiger partial charge in [-0.15, -0.1) is 0 Å². The number of nitro groups is 1. The smallest absolute Gasteiger partial charge is 0.338 e. The Balaban J connectivity index is 1.69.